The first kappa shape index (κ1) is 14.1. The highest BCUT2D eigenvalue weighted by Crippen LogP contribution is 2.37. The Morgan fingerprint density at radius 2 is 1.80 bits per heavy atom. The van der Waals surface area contributed by atoms with Crippen LogP contribution in [0.3, 0.4) is 0 Å². The van der Waals surface area contributed by atoms with Crippen molar-refractivity contribution in [1.82, 2.24) is 14.1 Å². The predicted octanol–water partition coefficient (Wildman–Crippen LogP) is 1.97. The molecule has 20 heavy (non-hydrogen) atoms. The molecule has 0 spiro atoms. The zero-order valence-corrected chi connectivity index (χ0v) is 13.2. The molecule has 1 saturated heterocycles. The summed E-state index contributed by atoms with van der Waals surface area (Å²) in [7, 11) is -1.89. The van der Waals surface area contributed by atoms with Gasteiger partial charge in [-0.1, -0.05) is 23.8 Å². The van der Waals surface area contributed by atoms with Gasteiger partial charge in [0.15, 0.2) is 0 Å². The fourth-order valence-corrected chi connectivity index (χ4v) is 5.46. The highest BCUT2D eigenvalue weighted by molar-refractivity contribution is 7.89. The van der Waals surface area contributed by atoms with E-state index in [0.717, 1.165) is 12.8 Å². The van der Waals surface area contributed by atoms with Gasteiger partial charge in [-0.25, -0.2) is 8.42 Å². The van der Waals surface area contributed by atoms with Gasteiger partial charge in [0.2, 0.25) is 10.0 Å². The first-order valence-corrected chi connectivity index (χ1v) is 8.57. The topological polar surface area (TPSA) is 55.2 Å². The Labute approximate surface area is 124 Å². The molecule has 0 bridgehead atoms. The molecule has 1 aliphatic heterocycles. The van der Waals surface area contributed by atoms with E-state index in [1.54, 1.807) is 18.3 Å². The molecule has 0 saturated carbocycles. The molecule has 2 heterocycles. The predicted molar refractivity (Wildman–Crippen MR) is 77.1 cm³/mol. The van der Waals surface area contributed by atoms with Crippen LogP contribution < -0.4 is 0 Å². The van der Waals surface area contributed by atoms with Crippen LogP contribution in [0.25, 0.3) is 0 Å². The molecule has 1 aliphatic carbocycles. The average molecular weight is 316 g/mol. The monoisotopic (exact) mass is 315 g/mol. The minimum absolute atomic E-state index is 0.160. The Kier molecular flexibility index (Phi) is 3.43. The van der Waals surface area contributed by atoms with Gasteiger partial charge in [0.05, 0.1) is 5.69 Å². The molecule has 1 fully saturated rings. The van der Waals surface area contributed by atoms with E-state index in [1.807, 2.05) is 0 Å². The fourth-order valence-electron chi connectivity index (χ4n) is 3.20. The third kappa shape index (κ3) is 2.10. The smallest absolute Gasteiger partial charge is 0.248 e. The summed E-state index contributed by atoms with van der Waals surface area (Å²) in [6.45, 7) is 2.85. The first-order chi connectivity index (χ1) is 9.41. The van der Waals surface area contributed by atoms with Crippen LogP contribution in [0.5, 0.6) is 0 Å². The number of nitrogens with zero attached hydrogens (tertiary/aromatic N) is 3. The molecule has 0 amide bonds. The van der Waals surface area contributed by atoms with Gasteiger partial charge < -0.3 is 0 Å². The Balaban J connectivity index is 1.94. The van der Waals surface area contributed by atoms with Gasteiger partial charge >= 0.3 is 0 Å². The van der Waals surface area contributed by atoms with Crippen molar-refractivity contribution in [3.8, 4) is 0 Å². The lowest BCUT2D eigenvalue weighted by molar-refractivity contribution is 0.411. The van der Waals surface area contributed by atoms with Crippen LogP contribution in [0.1, 0.15) is 18.5 Å². The minimum Gasteiger partial charge on any atom is -0.255 e. The molecule has 0 N–H and O–H groups in total. The third-order valence-corrected chi connectivity index (χ3v) is 6.81. The van der Waals surface area contributed by atoms with E-state index in [-0.39, 0.29) is 10.0 Å². The Bertz CT molecular complexity index is 649. The Hall–Kier alpha value is -0.850. The third-order valence-electron chi connectivity index (χ3n) is 4.29. The molecule has 1 aromatic rings. The molecule has 110 valence electrons. The highest BCUT2D eigenvalue weighted by Gasteiger charge is 2.41. The van der Waals surface area contributed by atoms with Gasteiger partial charge in [0, 0.05) is 20.1 Å². The van der Waals surface area contributed by atoms with E-state index in [4.69, 9.17) is 11.6 Å². The molecule has 0 radical (unpaired) electrons. The van der Waals surface area contributed by atoms with E-state index in [0.29, 0.717) is 30.6 Å². The number of aromatic nitrogens is 2. The second-order valence-corrected chi connectivity index (χ2v) is 7.85. The van der Waals surface area contributed by atoms with E-state index >= 15 is 0 Å². The summed E-state index contributed by atoms with van der Waals surface area (Å²) in [4.78, 5) is 0.160. The average Bonchev–Trinajstić information content (AvgIpc) is 2.92. The summed E-state index contributed by atoms with van der Waals surface area (Å²) in [6, 6.07) is 0. The number of aryl methyl sites for hydroxylation is 2. The van der Waals surface area contributed by atoms with E-state index in [9.17, 15) is 8.42 Å². The SMILES string of the molecule is Cc1nn(C)c(Cl)c1S(=O)(=O)N1C[C@H]2CC=CC[C@H]2C1. The molecular formula is C13H18ClN3O2S. The summed E-state index contributed by atoms with van der Waals surface area (Å²) in [5.41, 5.74) is 0.463. The molecule has 3 rings (SSSR count). The zero-order chi connectivity index (χ0) is 14.5. The van der Waals surface area contributed by atoms with Gasteiger partial charge in [-0.15, -0.1) is 0 Å². The summed E-state index contributed by atoms with van der Waals surface area (Å²) in [5, 5.41) is 4.30. The molecule has 5 nitrogen and oxygen atoms in total. The number of halogens is 1. The number of rotatable bonds is 2. The number of fused-ring (bicyclic) bond motifs is 1. The molecule has 0 aromatic carbocycles. The normalized spacial score (nSPS) is 26.9. The van der Waals surface area contributed by atoms with Crippen LogP contribution in [0.15, 0.2) is 17.0 Å². The van der Waals surface area contributed by atoms with E-state index < -0.39 is 10.0 Å². The Morgan fingerprint density at radius 1 is 1.25 bits per heavy atom. The van der Waals surface area contributed by atoms with Gasteiger partial charge in [0.1, 0.15) is 10.0 Å². The number of hydrogen-bond donors (Lipinski definition) is 0. The maximum Gasteiger partial charge on any atom is 0.248 e. The van der Waals surface area contributed by atoms with E-state index in [2.05, 4.69) is 17.3 Å². The van der Waals surface area contributed by atoms with Crippen molar-refractivity contribution < 1.29 is 8.42 Å². The molecule has 7 heteroatoms. The fraction of sp³-hybridized carbons (Fsp3) is 0.615. The standard InChI is InChI=1S/C13H18ClN3O2S/c1-9-12(13(14)16(2)15-9)20(18,19)17-7-10-5-3-4-6-11(10)8-17/h3-4,10-11H,5-8H2,1-2H3/t10-,11+. The summed E-state index contributed by atoms with van der Waals surface area (Å²) < 4.78 is 28.6. The molecule has 1 aromatic heterocycles. The van der Waals surface area contributed by atoms with Crippen LogP contribution in [-0.2, 0) is 17.1 Å². The maximum atomic E-state index is 12.8. The van der Waals surface area contributed by atoms with Crippen LogP contribution in [0, 0.1) is 18.8 Å². The van der Waals surface area contributed by atoms with Crippen molar-refractivity contribution in [2.24, 2.45) is 18.9 Å². The summed E-state index contributed by atoms with van der Waals surface area (Å²) >= 11 is 6.11. The van der Waals surface area contributed by atoms with Gasteiger partial charge in [0.25, 0.3) is 0 Å². The quantitative estimate of drug-likeness (QED) is 0.784. The Morgan fingerprint density at radius 3 is 2.25 bits per heavy atom. The van der Waals surface area contributed by atoms with Crippen molar-refractivity contribution in [2.45, 2.75) is 24.7 Å². The van der Waals surface area contributed by atoms with E-state index in [1.165, 1.54) is 4.68 Å². The van der Waals surface area contributed by atoms with Gasteiger partial charge in [-0.05, 0) is 31.6 Å². The lowest BCUT2D eigenvalue weighted by atomic mass is 9.86. The van der Waals surface area contributed by atoms with Crippen LogP contribution in [0.2, 0.25) is 5.15 Å². The lowest BCUT2D eigenvalue weighted by Crippen LogP contribution is -2.29. The molecule has 2 atom stereocenters. The van der Waals surface area contributed by atoms with Crippen molar-refractivity contribution in [3.63, 3.8) is 0 Å². The second-order valence-electron chi connectivity index (χ2n) is 5.61. The molecular weight excluding hydrogens is 298 g/mol. The summed E-state index contributed by atoms with van der Waals surface area (Å²) in [5.74, 6) is 0.871. The van der Waals surface area contributed by atoms with Crippen LogP contribution >= 0.6 is 11.6 Å². The van der Waals surface area contributed by atoms with Crippen molar-refractivity contribution in [2.75, 3.05) is 13.1 Å². The van der Waals surface area contributed by atoms with Crippen molar-refractivity contribution in [1.29, 1.82) is 0 Å². The minimum atomic E-state index is -3.55. The second kappa shape index (κ2) is 4.86. The van der Waals surface area contributed by atoms with Crippen molar-refractivity contribution in [3.05, 3.63) is 23.0 Å². The van der Waals surface area contributed by atoms with Crippen LogP contribution in [0.4, 0.5) is 0 Å². The van der Waals surface area contributed by atoms with Gasteiger partial charge in [-0.3, -0.25) is 4.68 Å². The van der Waals surface area contributed by atoms with Crippen LogP contribution in [-0.4, -0.2) is 35.6 Å². The summed E-state index contributed by atoms with van der Waals surface area (Å²) in [6.07, 6.45) is 6.24. The zero-order valence-electron chi connectivity index (χ0n) is 11.6. The maximum absolute atomic E-state index is 12.8. The lowest BCUT2D eigenvalue weighted by Gasteiger charge is -2.18. The number of sulfonamides is 1. The number of hydrogen-bond acceptors (Lipinski definition) is 3. The highest BCUT2D eigenvalue weighted by atomic mass is 35.5. The van der Waals surface area contributed by atoms with Gasteiger partial charge in [-0.2, -0.15) is 9.40 Å². The first-order valence-electron chi connectivity index (χ1n) is 6.75. The molecule has 2 aliphatic rings. The van der Waals surface area contributed by atoms with Crippen molar-refractivity contribution >= 4 is 21.6 Å². The molecule has 0 unspecified atom stereocenters. The number of allylic oxidation sites excluding steroid dienone is 2. The largest absolute Gasteiger partial charge is 0.255 e.